The minimum atomic E-state index is -1.18. The molecule has 2 atom stereocenters. The van der Waals surface area contributed by atoms with Gasteiger partial charge in [0.25, 0.3) is 0 Å². The number of anilines is 2. The Kier molecular flexibility index (Phi) is 4.97. The number of hydrogen-bond donors (Lipinski definition) is 1. The van der Waals surface area contributed by atoms with Gasteiger partial charge >= 0.3 is 0 Å². The smallest absolute Gasteiger partial charge is 0.131 e. The molecule has 2 aromatic carbocycles. The highest BCUT2D eigenvalue weighted by atomic mass is 32.2. The highest BCUT2D eigenvalue weighted by Crippen LogP contribution is 2.30. The first-order valence-corrected chi connectivity index (χ1v) is 11.6. The molecular weight excluding hydrogens is 378 g/mol. The first kappa shape index (κ1) is 18.1. The van der Waals surface area contributed by atoms with Crippen LogP contribution < -0.4 is 9.62 Å². The molecule has 0 bridgehead atoms. The normalized spacial score (nSPS) is 18.0. The molecule has 0 amide bonds. The Morgan fingerprint density at radius 3 is 2.81 bits per heavy atom. The molecule has 0 radical (unpaired) electrons. The molecule has 1 aromatic heterocycles. The van der Waals surface area contributed by atoms with Crippen LogP contribution in [0, 0.1) is 6.92 Å². The summed E-state index contributed by atoms with van der Waals surface area (Å²) in [5.74, 6) is 1.36. The average Bonchev–Trinajstić information content (AvgIpc) is 2.81. The number of benzene rings is 2. The molecule has 0 saturated heterocycles. The van der Waals surface area contributed by atoms with Gasteiger partial charge in [-0.15, -0.1) is 0 Å². The molecule has 7 heteroatoms. The summed E-state index contributed by atoms with van der Waals surface area (Å²) in [6, 6.07) is 15.9. The maximum atomic E-state index is 12.6. The number of nitrogens with zero attached hydrogens (tertiary/aromatic N) is 2. The number of hydrogen-bond acceptors (Lipinski definition) is 4. The van der Waals surface area contributed by atoms with E-state index < -0.39 is 21.8 Å². The maximum Gasteiger partial charge on any atom is 0.131 e. The van der Waals surface area contributed by atoms with Crippen molar-refractivity contribution in [2.75, 3.05) is 28.2 Å². The molecule has 27 heavy (non-hydrogen) atoms. The third kappa shape index (κ3) is 3.75. The highest BCUT2D eigenvalue weighted by molar-refractivity contribution is 7.85. The Morgan fingerprint density at radius 1 is 1.19 bits per heavy atom. The van der Waals surface area contributed by atoms with E-state index in [0.29, 0.717) is 18.8 Å². The van der Waals surface area contributed by atoms with Gasteiger partial charge in [0.2, 0.25) is 0 Å². The zero-order valence-electron chi connectivity index (χ0n) is 15.3. The third-order valence-corrected chi connectivity index (χ3v) is 6.60. The van der Waals surface area contributed by atoms with E-state index >= 15 is 0 Å². The summed E-state index contributed by atoms with van der Waals surface area (Å²) in [4.78, 5) is 7.89. The Morgan fingerprint density at radius 2 is 2.00 bits per heavy atom. The Labute approximate surface area is 163 Å². The summed E-state index contributed by atoms with van der Waals surface area (Å²) in [6.07, 6.45) is 1.62. The minimum absolute atomic E-state index is 0.563. The van der Waals surface area contributed by atoms with Gasteiger partial charge in [-0.25, -0.2) is 9.19 Å². The van der Waals surface area contributed by atoms with Gasteiger partial charge in [0.1, 0.15) is 16.8 Å². The molecule has 0 fully saturated rings. The third-order valence-electron chi connectivity index (χ3n) is 4.65. The fourth-order valence-corrected chi connectivity index (χ4v) is 5.11. The van der Waals surface area contributed by atoms with Crippen LogP contribution in [0.15, 0.2) is 53.4 Å². The Balaban J connectivity index is 1.80. The van der Waals surface area contributed by atoms with Crippen LogP contribution in [0.3, 0.4) is 0 Å². The lowest BCUT2D eigenvalue weighted by Gasteiger charge is -2.23. The monoisotopic (exact) mass is 399 g/mol. The molecule has 140 valence electrons. The van der Waals surface area contributed by atoms with E-state index in [2.05, 4.69) is 9.62 Å². The van der Waals surface area contributed by atoms with Crippen LogP contribution in [0.5, 0.6) is 0 Å². The number of rotatable bonds is 3. The number of nitrogens with one attached hydrogen (secondary N) is 1. The van der Waals surface area contributed by atoms with Gasteiger partial charge in [-0.2, -0.15) is 0 Å². The van der Waals surface area contributed by atoms with Crippen molar-refractivity contribution in [3.63, 3.8) is 0 Å². The zero-order chi connectivity index (χ0) is 19.0. The molecule has 3 aromatic rings. The summed E-state index contributed by atoms with van der Waals surface area (Å²) in [6.45, 7) is 3.34. The van der Waals surface area contributed by atoms with Gasteiger partial charge in [0, 0.05) is 41.4 Å². The molecule has 2 heterocycles. The second-order valence-corrected chi connectivity index (χ2v) is 9.34. The predicted octanol–water partition coefficient (Wildman–Crippen LogP) is 3.38. The second kappa shape index (κ2) is 7.40. The largest absolute Gasteiger partial charge is 0.351 e. The van der Waals surface area contributed by atoms with Crippen LogP contribution in [0.2, 0.25) is 0 Å². The molecule has 4 rings (SSSR count). The van der Waals surface area contributed by atoms with Crippen LogP contribution in [-0.2, 0) is 28.3 Å². The summed E-state index contributed by atoms with van der Waals surface area (Å²) in [5.41, 5.74) is 3.84. The van der Waals surface area contributed by atoms with Crippen molar-refractivity contribution < 1.29 is 8.42 Å². The van der Waals surface area contributed by atoms with E-state index in [1.807, 2.05) is 55.5 Å². The topological polar surface area (TPSA) is 62.3 Å². The molecule has 1 aliphatic heterocycles. The highest BCUT2D eigenvalue weighted by Gasteiger charge is 2.21. The standard InChI is InChI=1S/C20H21N3O2S2/c1-14-7-8-17-16(11-14)18(22-26(2)24)12-20(21-17)23-9-10-27(25)19-6-4-3-5-15(19)13-23/h3-8,11-12H,9-10,13H2,1-2H3,(H,21,22). The SMILES string of the molecule is Cc1ccc2nc(N3CCS(=O)c4ccccc4C3)cc(NS(C)=O)c2c1. The predicted molar refractivity (Wildman–Crippen MR) is 113 cm³/mol. The Hall–Kier alpha value is -2.25. The molecule has 5 nitrogen and oxygen atoms in total. The van der Waals surface area contributed by atoms with Gasteiger partial charge in [0.15, 0.2) is 0 Å². The van der Waals surface area contributed by atoms with Crippen molar-refractivity contribution in [2.24, 2.45) is 0 Å². The number of aromatic nitrogens is 1. The lowest BCUT2D eigenvalue weighted by atomic mass is 10.1. The molecule has 1 aliphatic rings. The first-order chi connectivity index (χ1) is 13.0. The number of pyridine rings is 1. The molecular formula is C20H21N3O2S2. The fourth-order valence-electron chi connectivity index (χ4n) is 3.37. The van der Waals surface area contributed by atoms with Crippen molar-refractivity contribution in [1.82, 2.24) is 4.98 Å². The molecule has 0 aliphatic carbocycles. The molecule has 2 unspecified atom stereocenters. The van der Waals surface area contributed by atoms with E-state index in [1.54, 1.807) is 6.26 Å². The van der Waals surface area contributed by atoms with Crippen LogP contribution in [-0.4, -0.2) is 32.0 Å². The van der Waals surface area contributed by atoms with E-state index in [0.717, 1.165) is 38.4 Å². The number of aryl methyl sites for hydroxylation is 1. The van der Waals surface area contributed by atoms with Crippen LogP contribution in [0.1, 0.15) is 11.1 Å². The van der Waals surface area contributed by atoms with E-state index in [9.17, 15) is 8.42 Å². The van der Waals surface area contributed by atoms with Gasteiger partial charge in [0.05, 0.1) is 22.0 Å². The average molecular weight is 400 g/mol. The quantitative estimate of drug-likeness (QED) is 0.733. The maximum absolute atomic E-state index is 12.6. The van der Waals surface area contributed by atoms with Gasteiger partial charge in [-0.1, -0.05) is 29.8 Å². The molecule has 1 N–H and O–H groups in total. The van der Waals surface area contributed by atoms with Crippen molar-refractivity contribution >= 4 is 44.2 Å². The molecule has 0 saturated carbocycles. The second-order valence-electron chi connectivity index (χ2n) is 6.68. The fraction of sp³-hybridized carbons (Fsp3) is 0.250. The van der Waals surface area contributed by atoms with Crippen LogP contribution >= 0.6 is 0 Å². The lowest BCUT2D eigenvalue weighted by molar-refractivity contribution is 0.683. The van der Waals surface area contributed by atoms with Crippen molar-refractivity contribution in [2.45, 2.75) is 18.4 Å². The zero-order valence-corrected chi connectivity index (χ0v) is 16.9. The van der Waals surface area contributed by atoms with E-state index in [1.165, 1.54) is 0 Å². The van der Waals surface area contributed by atoms with E-state index in [4.69, 9.17) is 4.98 Å². The first-order valence-electron chi connectivity index (χ1n) is 8.74. The lowest BCUT2D eigenvalue weighted by Crippen LogP contribution is -2.26. The summed E-state index contributed by atoms with van der Waals surface area (Å²) in [7, 11) is -2.19. The van der Waals surface area contributed by atoms with Gasteiger partial charge in [-0.05, 0) is 30.7 Å². The van der Waals surface area contributed by atoms with Crippen LogP contribution in [0.25, 0.3) is 10.9 Å². The van der Waals surface area contributed by atoms with Crippen molar-refractivity contribution in [3.05, 3.63) is 59.7 Å². The van der Waals surface area contributed by atoms with Crippen molar-refractivity contribution in [1.29, 1.82) is 0 Å². The summed E-state index contributed by atoms with van der Waals surface area (Å²) in [5, 5.41) is 0.952. The summed E-state index contributed by atoms with van der Waals surface area (Å²) < 4.78 is 27.4. The minimum Gasteiger partial charge on any atom is -0.351 e. The van der Waals surface area contributed by atoms with Crippen molar-refractivity contribution in [3.8, 4) is 0 Å². The van der Waals surface area contributed by atoms with Crippen LogP contribution in [0.4, 0.5) is 11.5 Å². The summed E-state index contributed by atoms with van der Waals surface area (Å²) >= 11 is 0. The van der Waals surface area contributed by atoms with Gasteiger partial charge in [-0.3, -0.25) is 4.21 Å². The molecule has 0 spiro atoms. The number of fused-ring (bicyclic) bond motifs is 2. The van der Waals surface area contributed by atoms with Gasteiger partial charge < -0.3 is 9.62 Å². The van der Waals surface area contributed by atoms with E-state index in [-0.39, 0.29) is 0 Å². The Bertz CT molecular complexity index is 1070.